The van der Waals surface area contributed by atoms with E-state index in [1.54, 1.807) is 43.5 Å². The maximum Gasteiger partial charge on any atom is 0.488 e. The lowest BCUT2D eigenvalue weighted by molar-refractivity contribution is -0.126. The van der Waals surface area contributed by atoms with Crippen LogP contribution in [0.25, 0.3) is 5.69 Å². The molecule has 2 heterocycles. The number of hydrogen-bond donors (Lipinski definition) is 4. The van der Waals surface area contributed by atoms with Gasteiger partial charge < -0.3 is 25.4 Å². The van der Waals surface area contributed by atoms with E-state index in [9.17, 15) is 19.6 Å². The van der Waals surface area contributed by atoms with Crippen LogP contribution in [0.2, 0.25) is 5.02 Å². The Morgan fingerprint density at radius 3 is 2.44 bits per heavy atom. The molecule has 220 valence electrons. The third-order valence-corrected chi connectivity index (χ3v) is 7.34. The van der Waals surface area contributed by atoms with Crippen molar-refractivity contribution in [3.63, 3.8) is 0 Å². The van der Waals surface area contributed by atoms with E-state index in [0.717, 1.165) is 22.4 Å². The van der Waals surface area contributed by atoms with E-state index in [1.165, 1.54) is 0 Å². The van der Waals surface area contributed by atoms with Crippen molar-refractivity contribution in [2.24, 2.45) is 4.99 Å². The number of carbonyl (C=O) groups is 2. The van der Waals surface area contributed by atoms with Gasteiger partial charge >= 0.3 is 7.12 Å². The van der Waals surface area contributed by atoms with E-state index in [4.69, 9.17) is 21.3 Å². The van der Waals surface area contributed by atoms with Crippen LogP contribution in [-0.2, 0) is 16.0 Å². The van der Waals surface area contributed by atoms with E-state index >= 15 is 0 Å². The lowest BCUT2D eigenvalue weighted by Crippen LogP contribution is -2.38. The van der Waals surface area contributed by atoms with Crippen LogP contribution in [0.1, 0.15) is 40.8 Å². The molecule has 1 aromatic heterocycles. The Morgan fingerprint density at radius 2 is 1.74 bits per heavy atom. The van der Waals surface area contributed by atoms with Crippen molar-refractivity contribution in [2.45, 2.75) is 25.8 Å². The average Bonchev–Trinajstić information content (AvgIpc) is 3.33. The number of nitrogens with one attached hydrogen (secondary N) is 2. The van der Waals surface area contributed by atoms with Gasteiger partial charge in [0.2, 0.25) is 11.8 Å². The number of halogens is 1. The van der Waals surface area contributed by atoms with E-state index in [1.807, 2.05) is 41.8 Å². The molecule has 1 aliphatic rings. The number of amides is 2. The second-order valence-electron chi connectivity index (χ2n) is 10.0. The smallest absolute Gasteiger partial charge is 0.488 e. The molecular weight excluding hydrogens is 571 g/mol. The molecule has 5 rings (SSSR count). The van der Waals surface area contributed by atoms with Crippen LogP contribution in [0.5, 0.6) is 5.75 Å². The summed E-state index contributed by atoms with van der Waals surface area (Å²) in [7, 11) is 0.0711. The summed E-state index contributed by atoms with van der Waals surface area (Å²) < 4.78 is 7.39. The Kier molecular flexibility index (Phi) is 9.20. The number of nitrogens with zero attached hydrogens (tertiary/aromatic N) is 4. The van der Waals surface area contributed by atoms with Gasteiger partial charge in [-0.25, -0.2) is 0 Å². The first-order valence-corrected chi connectivity index (χ1v) is 14.0. The summed E-state index contributed by atoms with van der Waals surface area (Å²) >= 11 is 6.16. The van der Waals surface area contributed by atoms with Gasteiger partial charge in [0.15, 0.2) is 5.82 Å². The number of aromatic nitrogens is 3. The summed E-state index contributed by atoms with van der Waals surface area (Å²) in [6.45, 7) is 2.00. The number of rotatable bonds is 10. The molecule has 1 atom stereocenters. The predicted molar refractivity (Wildman–Crippen MR) is 163 cm³/mol. The molecule has 0 fully saturated rings. The summed E-state index contributed by atoms with van der Waals surface area (Å²) in [4.78, 5) is 30.5. The fourth-order valence-corrected chi connectivity index (χ4v) is 4.99. The minimum Gasteiger partial charge on any atom is -0.497 e. The molecule has 13 heteroatoms. The first-order valence-electron chi connectivity index (χ1n) is 13.7. The Bertz CT molecular complexity index is 1660. The molecule has 2 amide bonds. The van der Waals surface area contributed by atoms with Crippen LogP contribution in [-0.4, -0.2) is 69.7 Å². The van der Waals surface area contributed by atoms with Gasteiger partial charge in [0.05, 0.1) is 31.5 Å². The summed E-state index contributed by atoms with van der Waals surface area (Å²) in [6, 6.07) is 19.0. The topological polar surface area (TPSA) is 151 Å². The summed E-state index contributed by atoms with van der Waals surface area (Å²) in [6.07, 6.45) is 0.489. The molecule has 0 aliphatic carbocycles. The second kappa shape index (κ2) is 13.2. The third kappa shape index (κ3) is 6.94. The highest BCUT2D eigenvalue weighted by Gasteiger charge is 2.30. The normalized spacial score (nSPS) is 13.7. The first-order chi connectivity index (χ1) is 20.7. The van der Waals surface area contributed by atoms with Gasteiger partial charge in [-0.05, 0) is 54.7 Å². The molecule has 3 aromatic carbocycles. The monoisotopic (exact) mass is 600 g/mol. The Labute approximate surface area is 253 Å². The summed E-state index contributed by atoms with van der Waals surface area (Å²) in [5.41, 5.74) is 4.36. The Morgan fingerprint density at radius 1 is 1.00 bits per heavy atom. The van der Waals surface area contributed by atoms with E-state index < -0.39 is 13.2 Å². The van der Waals surface area contributed by atoms with Crippen molar-refractivity contribution in [1.29, 1.82) is 0 Å². The maximum atomic E-state index is 13.1. The molecular formula is C30H30BClN6O5. The number of aryl methyl sites for hydroxylation is 1. The minimum absolute atomic E-state index is 0.0588. The van der Waals surface area contributed by atoms with Gasteiger partial charge in [-0.15, -0.1) is 10.2 Å². The Balaban J connectivity index is 1.30. The number of hydrogen-bond acceptors (Lipinski definition) is 8. The second-order valence-corrected chi connectivity index (χ2v) is 10.5. The van der Waals surface area contributed by atoms with Crippen LogP contribution in [0.3, 0.4) is 0 Å². The zero-order chi connectivity index (χ0) is 30.5. The molecule has 0 bridgehead atoms. The molecule has 0 radical (unpaired) electrons. The highest BCUT2D eigenvalue weighted by atomic mass is 35.5. The summed E-state index contributed by atoms with van der Waals surface area (Å²) in [5, 5.41) is 33.1. The molecule has 43 heavy (non-hydrogen) atoms. The molecule has 4 aromatic rings. The van der Waals surface area contributed by atoms with Crippen LogP contribution in [0.15, 0.2) is 71.7 Å². The van der Waals surface area contributed by atoms with Crippen molar-refractivity contribution < 1.29 is 24.4 Å². The maximum absolute atomic E-state index is 13.1. The van der Waals surface area contributed by atoms with Gasteiger partial charge in [0.1, 0.15) is 17.6 Å². The van der Waals surface area contributed by atoms with Gasteiger partial charge in [-0.3, -0.25) is 19.1 Å². The fourth-order valence-electron chi connectivity index (χ4n) is 4.87. The molecule has 1 aliphatic heterocycles. The average molecular weight is 601 g/mol. The van der Waals surface area contributed by atoms with Crippen molar-refractivity contribution in [3.05, 3.63) is 100 Å². The van der Waals surface area contributed by atoms with Gasteiger partial charge in [0, 0.05) is 22.7 Å². The van der Waals surface area contributed by atoms with E-state index in [0.29, 0.717) is 46.6 Å². The SMILES string of the molecule is COc1ccc2c(c1)C(c1ccc(Cl)cc1)=N[C@@H](CC(=O)NCC(=O)NCCc1ccc(B(O)O)cc1)c1nnc(C)n1-2. The molecule has 0 unspecified atom stereocenters. The molecule has 4 N–H and O–H groups in total. The fraction of sp³-hybridized carbons (Fsp3) is 0.233. The molecule has 0 saturated carbocycles. The predicted octanol–water partition coefficient (Wildman–Crippen LogP) is 1.67. The van der Waals surface area contributed by atoms with E-state index in [2.05, 4.69) is 20.8 Å². The number of ether oxygens (including phenoxy) is 1. The quantitative estimate of drug-likeness (QED) is 0.202. The zero-order valence-electron chi connectivity index (χ0n) is 23.6. The number of benzene rings is 3. The highest BCUT2D eigenvalue weighted by Crippen LogP contribution is 2.34. The third-order valence-electron chi connectivity index (χ3n) is 7.09. The van der Waals surface area contributed by atoms with Crippen LogP contribution in [0, 0.1) is 6.92 Å². The molecule has 11 nitrogen and oxygen atoms in total. The number of fused-ring (bicyclic) bond motifs is 3. The minimum atomic E-state index is -1.52. The lowest BCUT2D eigenvalue weighted by Gasteiger charge is -2.14. The first kappa shape index (κ1) is 30.0. The Hall–Kier alpha value is -4.52. The van der Waals surface area contributed by atoms with Crippen molar-refractivity contribution in [1.82, 2.24) is 25.4 Å². The van der Waals surface area contributed by atoms with Gasteiger partial charge in [-0.1, -0.05) is 48.0 Å². The van der Waals surface area contributed by atoms with Crippen molar-refractivity contribution in [2.75, 3.05) is 20.2 Å². The molecule has 0 saturated heterocycles. The van der Waals surface area contributed by atoms with Crippen LogP contribution >= 0.6 is 11.6 Å². The number of aliphatic imine (C=N–C) groups is 1. The van der Waals surface area contributed by atoms with Crippen molar-refractivity contribution in [3.8, 4) is 11.4 Å². The zero-order valence-corrected chi connectivity index (χ0v) is 24.4. The number of carbonyl (C=O) groups excluding carboxylic acids is 2. The van der Waals surface area contributed by atoms with Crippen LogP contribution < -0.4 is 20.8 Å². The molecule has 0 spiro atoms. The van der Waals surface area contributed by atoms with Gasteiger partial charge in [0.25, 0.3) is 0 Å². The lowest BCUT2D eigenvalue weighted by atomic mass is 9.80. The van der Waals surface area contributed by atoms with Crippen LogP contribution in [0.4, 0.5) is 0 Å². The van der Waals surface area contributed by atoms with Crippen molar-refractivity contribution >= 4 is 41.7 Å². The summed E-state index contributed by atoms with van der Waals surface area (Å²) in [5.74, 6) is 1.10. The van der Waals surface area contributed by atoms with E-state index in [-0.39, 0.29) is 24.8 Å². The highest BCUT2D eigenvalue weighted by molar-refractivity contribution is 6.58. The van der Waals surface area contributed by atoms with Gasteiger partial charge in [-0.2, -0.15) is 0 Å². The largest absolute Gasteiger partial charge is 0.497 e. The number of methoxy groups -OCH3 is 1. The standard InChI is InChI=1S/C30H30BClN6O5/c1-18-36-37-30-25(16-27(39)34-17-28(40)33-14-13-19-3-7-21(8-4-19)31(41)42)35-29(20-5-9-22(32)10-6-20)24-15-23(43-2)11-12-26(24)38(18)30/h3-12,15,25,41-42H,13-14,16-17H2,1-2H3,(H,33,40)(H,34,39)/t25-/m0/s1.